The molecule has 1 aliphatic heterocycles. The Kier molecular flexibility index (Phi) is 2.71. The Morgan fingerprint density at radius 3 is 3.00 bits per heavy atom. The topological polar surface area (TPSA) is 24.5 Å². The fourth-order valence-electron chi connectivity index (χ4n) is 2.18. The minimum atomic E-state index is 0.513. The summed E-state index contributed by atoms with van der Waals surface area (Å²) in [6.07, 6.45) is 0. The minimum absolute atomic E-state index is 0.513. The summed E-state index contributed by atoms with van der Waals surface area (Å²) in [4.78, 5) is 2.38. The molecule has 2 rings (SSSR count). The fraction of sp³-hybridized carbons (Fsp3) is 0.500. The van der Waals surface area contributed by atoms with Crippen molar-refractivity contribution in [3.63, 3.8) is 0 Å². The smallest absolute Gasteiger partial charge is 0.144 e. The second-order valence-corrected chi connectivity index (χ2v) is 3.87. The maximum Gasteiger partial charge on any atom is 0.144 e. The van der Waals surface area contributed by atoms with Crippen molar-refractivity contribution in [1.82, 2.24) is 0 Å². The van der Waals surface area contributed by atoms with Crippen LogP contribution in [0.25, 0.3) is 0 Å². The highest BCUT2D eigenvalue weighted by molar-refractivity contribution is 5.78. The molecule has 0 radical (unpaired) electrons. The first kappa shape index (κ1) is 10.1. The van der Waals surface area contributed by atoms with Crippen LogP contribution in [0.2, 0.25) is 0 Å². The Labute approximate surface area is 91.0 Å². The summed E-state index contributed by atoms with van der Waals surface area (Å²) in [5, 5.41) is 3.43. The molecular weight excluding hydrogens is 188 g/mol. The summed E-state index contributed by atoms with van der Waals surface area (Å²) in [6, 6.07) is 6.65. The first-order valence-corrected chi connectivity index (χ1v) is 5.45. The predicted octanol–water partition coefficient (Wildman–Crippen LogP) is 2.34. The van der Waals surface area contributed by atoms with E-state index in [1.807, 2.05) is 12.1 Å². The van der Waals surface area contributed by atoms with E-state index in [0.717, 1.165) is 18.8 Å². The molecule has 15 heavy (non-hydrogen) atoms. The van der Waals surface area contributed by atoms with Gasteiger partial charge in [0.05, 0.1) is 12.8 Å². The number of hydrogen-bond donors (Lipinski definition) is 1. The molecule has 0 fully saturated rings. The molecule has 1 unspecified atom stereocenters. The SMILES string of the molecule is CCN1c2c(cccc2OC)NCC1C. The van der Waals surface area contributed by atoms with E-state index < -0.39 is 0 Å². The second-order valence-electron chi connectivity index (χ2n) is 3.87. The number of benzene rings is 1. The van der Waals surface area contributed by atoms with Gasteiger partial charge in [0.1, 0.15) is 11.4 Å². The van der Waals surface area contributed by atoms with Gasteiger partial charge < -0.3 is 15.0 Å². The normalized spacial score (nSPS) is 19.4. The van der Waals surface area contributed by atoms with Crippen LogP contribution in [-0.4, -0.2) is 26.2 Å². The number of anilines is 2. The van der Waals surface area contributed by atoms with E-state index in [0.29, 0.717) is 6.04 Å². The number of nitrogens with zero attached hydrogens (tertiary/aromatic N) is 1. The van der Waals surface area contributed by atoms with E-state index in [-0.39, 0.29) is 0 Å². The molecule has 1 N–H and O–H groups in total. The Balaban J connectivity index is 2.49. The number of hydrogen-bond acceptors (Lipinski definition) is 3. The number of nitrogens with one attached hydrogen (secondary N) is 1. The van der Waals surface area contributed by atoms with Crippen molar-refractivity contribution in [2.45, 2.75) is 19.9 Å². The molecule has 1 aromatic carbocycles. The zero-order chi connectivity index (χ0) is 10.8. The van der Waals surface area contributed by atoms with Gasteiger partial charge in [-0.1, -0.05) is 6.07 Å². The fourth-order valence-corrected chi connectivity index (χ4v) is 2.18. The summed E-state index contributed by atoms with van der Waals surface area (Å²) in [7, 11) is 1.72. The highest BCUT2D eigenvalue weighted by Crippen LogP contribution is 2.39. The van der Waals surface area contributed by atoms with E-state index in [1.54, 1.807) is 7.11 Å². The van der Waals surface area contributed by atoms with Crippen LogP contribution < -0.4 is 15.0 Å². The first-order chi connectivity index (χ1) is 7.27. The van der Waals surface area contributed by atoms with Gasteiger partial charge in [-0.2, -0.15) is 0 Å². The first-order valence-electron chi connectivity index (χ1n) is 5.45. The molecule has 0 bridgehead atoms. The third kappa shape index (κ3) is 1.62. The van der Waals surface area contributed by atoms with Gasteiger partial charge >= 0.3 is 0 Å². The van der Waals surface area contributed by atoms with Gasteiger partial charge in [-0.25, -0.2) is 0 Å². The zero-order valence-electron chi connectivity index (χ0n) is 9.58. The largest absolute Gasteiger partial charge is 0.495 e. The zero-order valence-corrected chi connectivity index (χ0v) is 9.58. The number of methoxy groups -OCH3 is 1. The molecule has 1 aromatic rings. The molecule has 0 aliphatic carbocycles. The summed E-state index contributed by atoms with van der Waals surface area (Å²) in [5.41, 5.74) is 2.37. The molecule has 0 amide bonds. The number of fused-ring (bicyclic) bond motifs is 1. The molecule has 1 heterocycles. The van der Waals surface area contributed by atoms with Crippen molar-refractivity contribution in [2.24, 2.45) is 0 Å². The Hall–Kier alpha value is -1.38. The maximum absolute atomic E-state index is 5.41. The average molecular weight is 206 g/mol. The van der Waals surface area contributed by atoms with Crippen molar-refractivity contribution in [1.29, 1.82) is 0 Å². The van der Waals surface area contributed by atoms with E-state index in [4.69, 9.17) is 4.74 Å². The standard InChI is InChI=1S/C12H18N2O/c1-4-14-9(2)8-13-10-6-5-7-11(15-3)12(10)14/h5-7,9,13H,4,8H2,1-3H3. The monoisotopic (exact) mass is 206 g/mol. The Morgan fingerprint density at radius 1 is 1.53 bits per heavy atom. The molecule has 82 valence electrons. The van der Waals surface area contributed by atoms with Gasteiger partial charge in [0.15, 0.2) is 0 Å². The van der Waals surface area contributed by atoms with Crippen molar-refractivity contribution < 1.29 is 4.74 Å². The van der Waals surface area contributed by atoms with Crippen LogP contribution in [0.3, 0.4) is 0 Å². The number of ether oxygens (including phenoxy) is 1. The van der Waals surface area contributed by atoms with Crippen LogP contribution in [0, 0.1) is 0 Å². The molecule has 0 saturated carbocycles. The van der Waals surface area contributed by atoms with Crippen molar-refractivity contribution in [3.8, 4) is 5.75 Å². The molecule has 1 atom stereocenters. The quantitative estimate of drug-likeness (QED) is 0.803. The average Bonchev–Trinajstić information content (AvgIpc) is 2.28. The van der Waals surface area contributed by atoms with Crippen molar-refractivity contribution in [2.75, 3.05) is 30.4 Å². The van der Waals surface area contributed by atoms with Gasteiger partial charge in [0.25, 0.3) is 0 Å². The van der Waals surface area contributed by atoms with E-state index in [2.05, 4.69) is 30.1 Å². The lowest BCUT2D eigenvalue weighted by Crippen LogP contribution is -2.42. The van der Waals surface area contributed by atoms with Crippen molar-refractivity contribution in [3.05, 3.63) is 18.2 Å². The van der Waals surface area contributed by atoms with Gasteiger partial charge in [0, 0.05) is 19.1 Å². The van der Waals surface area contributed by atoms with E-state index >= 15 is 0 Å². The van der Waals surface area contributed by atoms with Crippen LogP contribution in [0.1, 0.15) is 13.8 Å². The Bertz CT molecular complexity index is 337. The molecular formula is C12H18N2O. The lowest BCUT2D eigenvalue weighted by molar-refractivity contribution is 0.412. The summed E-state index contributed by atoms with van der Waals surface area (Å²) >= 11 is 0. The van der Waals surface area contributed by atoms with Crippen LogP contribution >= 0.6 is 0 Å². The van der Waals surface area contributed by atoms with Crippen LogP contribution in [-0.2, 0) is 0 Å². The van der Waals surface area contributed by atoms with Gasteiger partial charge in [0.2, 0.25) is 0 Å². The van der Waals surface area contributed by atoms with E-state index in [9.17, 15) is 0 Å². The summed E-state index contributed by atoms with van der Waals surface area (Å²) in [5.74, 6) is 0.952. The highest BCUT2D eigenvalue weighted by Gasteiger charge is 2.24. The number of likely N-dealkylation sites (N-methyl/N-ethyl adjacent to an activating group) is 1. The lowest BCUT2D eigenvalue weighted by Gasteiger charge is -2.37. The van der Waals surface area contributed by atoms with Gasteiger partial charge in [-0.05, 0) is 26.0 Å². The molecule has 0 aromatic heterocycles. The number of para-hydroxylation sites is 1. The van der Waals surface area contributed by atoms with Crippen LogP contribution in [0.5, 0.6) is 5.75 Å². The van der Waals surface area contributed by atoms with E-state index in [1.165, 1.54) is 11.4 Å². The molecule has 1 aliphatic rings. The third-order valence-electron chi connectivity index (χ3n) is 2.97. The van der Waals surface area contributed by atoms with Gasteiger partial charge in [-0.15, -0.1) is 0 Å². The predicted molar refractivity (Wildman–Crippen MR) is 64.0 cm³/mol. The molecule has 3 nitrogen and oxygen atoms in total. The lowest BCUT2D eigenvalue weighted by atomic mass is 10.1. The van der Waals surface area contributed by atoms with Crippen LogP contribution in [0.15, 0.2) is 18.2 Å². The van der Waals surface area contributed by atoms with Crippen LogP contribution in [0.4, 0.5) is 11.4 Å². The van der Waals surface area contributed by atoms with Gasteiger partial charge in [-0.3, -0.25) is 0 Å². The molecule has 0 saturated heterocycles. The van der Waals surface area contributed by atoms with Crippen molar-refractivity contribution >= 4 is 11.4 Å². The minimum Gasteiger partial charge on any atom is -0.495 e. The molecule has 0 spiro atoms. The maximum atomic E-state index is 5.41. The summed E-state index contributed by atoms with van der Waals surface area (Å²) in [6.45, 7) is 6.41. The molecule has 3 heteroatoms. The number of rotatable bonds is 2. The highest BCUT2D eigenvalue weighted by atomic mass is 16.5. The summed E-state index contributed by atoms with van der Waals surface area (Å²) < 4.78 is 5.41. The second kappa shape index (κ2) is 4.01. The third-order valence-corrected chi connectivity index (χ3v) is 2.97. The Morgan fingerprint density at radius 2 is 2.33 bits per heavy atom.